The summed E-state index contributed by atoms with van der Waals surface area (Å²) in [6.07, 6.45) is 7.83. The summed E-state index contributed by atoms with van der Waals surface area (Å²) in [5.41, 5.74) is -4.70. The molecule has 4 aliphatic carbocycles. The van der Waals surface area contributed by atoms with Gasteiger partial charge in [0.1, 0.15) is 11.7 Å². The van der Waals surface area contributed by atoms with E-state index in [1.54, 1.807) is 26.0 Å². The lowest BCUT2D eigenvalue weighted by Gasteiger charge is -2.53. The summed E-state index contributed by atoms with van der Waals surface area (Å²) in [6.45, 7) is 11.0. The number of ether oxygens (including phenoxy) is 2. The van der Waals surface area contributed by atoms with Crippen LogP contribution in [-0.2, 0) is 23.9 Å². The van der Waals surface area contributed by atoms with Gasteiger partial charge in [0.05, 0.1) is 12.2 Å². The van der Waals surface area contributed by atoms with Crippen LogP contribution < -0.4 is 0 Å². The zero-order valence-electron chi connectivity index (χ0n) is 25.0. The second kappa shape index (κ2) is 11.0. The Kier molecular flexibility index (Phi) is 8.50. The van der Waals surface area contributed by atoms with Crippen molar-refractivity contribution in [3.05, 3.63) is 23.3 Å². The Balaban J connectivity index is 1.82. The second-order valence-corrected chi connectivity index (χ2v) is 13.2. The fourth-order valence-electron chi connectivity index (χ4n) is 8.30. The Morgan fingerprint density at radius 3 is 2.17 bits per heavy atom. The molecular weight excluding hydrogens is 512 g/mol. The first-order valence-electron chi connectivity index (χ1n) is 15.2. The van der Waals surface area contributed by atoms with Crippen molar-refractivity contribution in [1.82, 2.24) is 0 Å². The number of Topliss-reactive ketones (excluding diaryl/α,β-unsaturated/α-hetero) is 1. The van der Waals surface area contributed by atoms with Crippen LogP contribution in [0.3, 0.4) is 0 Å². The number of hydrogen-bond donors (Lipinski definition) is 3. The molecule has 0 aromatic heterocycles. The molecule has 0 radical (unpaired) electrons. The third kappa shape index (κ3) is 4.49. The summed E-state index contributed by atoms with van der Waals surface area (Å²) in [7, 11) is 0. The zero-order chi connectivity index (χ0) is 29.7. The molecule has 8 nitrogen and oxygen atoms in total. The summed E-state index contributed by atoms with van der Waals surface area (Å²) < 4.78 is 12.5. The Bertz CT molecular complexity index is 1090. The first-order valence-corrected chi connectivity index (χ1v) is 15.2. The normalized spacial score (nSPS) is 39.2. The Morgan fingerprint density at radius 2 is 1.60 bits per heavy atom. The van der Waals surface area contributed by atoms with Gasteiger partial charge in [-0.15, -0.1) is 0 Å². The number of ketones is 1. The molecule has 0 bridgehead atoms. The number of carbonyl (C=O) groups is 3. The van der Waals surface area contributed by atoms with Gasteiger partial charge in [-0.3, -0.25) is 14.4 Å². The standard InChI is InChI=1S/C32H48O8/c1-7-9-11-13-24(34)39-28-20(4)31(38)22(16-21(18-33)17-30(37)23(31)15-19(3)27(30)36)26-29(5,6)32(26,28)40-25(35)14-12-10-8-2/h15-16,20,22-23,26,28,33,37-38H,7-14,17-18H2,1-6H3/t20-,22+,23-,26+,28-,30-,31-,32-/m1/s1. The maximum atomic E-state index is 13.3. The van der Waals surface area contributed by atoms with Gasteiger partial charge in [0.25, 0.3) is 0 Å². The van der Waals surface area contributed by atoms with Crippen LogP contribution in [0.4, 0.5) is 0 Å². The van der Waals surface area contributed by atoms with Crippen LogP contribution in [-0.4, -0.2) is 62.6 Å². The average molecular weight is 561 g/mol. The van der Waals surface area contributed by atoms with E-state index < -0.39 is 63.7 Å². The first kappa shape index (κ1) is 30.9. The maximum Gasteiger partial charge on any atom is 0.306 e. The van der Waals surface area contributed by atoms with Crippen molar-refractivity contribution in [1.29, 1.82) is 0 Å². The lowest BCUT2D eigenvalue weighted by Crippen LogP contribution is -2.66. The number of rotatable bonds is 11. The third-order valence-electron chi connectivity index (χ3n) is 10.5. The van der Waals surface area contributed by atoms with Crippen molar-refractivity contribution in [2.24, 2.45) is 29.1 Å². The Labute approximate surface area is 238 Å². The fourth-order valence-corrected chi connectivity index (χ4v) is 8.30. The number of aliphatic hydroxyl groups excluding tert-OH is 1. The van der Waals surface area contributed by atoms with Crippen molar-refractivity contribution >= 4 is 17.7 Å². The van der Waals surface area contributed by atoms with Gasteiger partial charge in [-0.2, -0.15) is 0 Å². The zero-order valence-corrected chi connectivity index (χ0v) is 25.0. The minimum absolute atomic E-state index is 0.106. The lowest BCUT2D eigenvalue weighted by molar-refractivity contribution is -0.229. The second-order valence-electron chi connectivity index (χ2n) is 13.2. The van der Waals surface area contributed by atoms with E-state index in [0.717, 1.165) is 25.7 Å². The van der Waals surface area contributed by atoms with Crippen LogP contribution in [0.2, 0.25) is 0 Å². The van der Waals surface area contributed by atoms with Crippen LogP contribution >= 0.6 is 0 Å². The molecule has 2 fully saturated rings. The highest BCUT2D eigenvalue weighted by atomic mass is 16.6. The summed E-state index contributed by atoms with van der Waals surface area (Å²) in [6, 6.07) is 0. The van der Waals surface area contributed by atoms with Crippen molar-refractivity contribution in [3.63, 3.8) is 0 Å². The minimum atomic E-state index is -1.93. The molecule has 0 aromatic carbocycles. The molecule has 40 heavy (non-hydrogen) atoms. The molecule has 8 atom stereocenters. The number of fused-ring (bicyclic) bond motifs is 5. The van der Waals surface area contributed by atoms with E-state index in [4.69, 9.17) is 9.47 Å². The number of unbranched alkanes of at least 4 members (excludes halogenated alkanes) is 4. The van der Waals surface area contributed by atoms with Crippen LogP contribution in [0.1, 0.15) is 99.3 Å². The molecule has 3 N–H and O–H groups in total. The molecule has 224 valence electrons. The van der Waals surface area contributed by atoms with Crippen molar-refractivity contribution in [2.75, 3.05) is 6.61 Å². The molecule has 0 amide bonds. The van der Waals surface area contributed by atoms with Crippen molar-refractivity contribution in [2.45, 2.75) is 122 Å². The van der Waals surface area contributed by atoms with Gasteiger partial charge in [-0.05, 0) is 30.9 Å². The van der Waals surface area contributed by atoms with Crippen LogP contribution in [0.15, 0.2) is 23.3 Å². The van der Waals surface area contributed by atoms with Crippen LogP contribution in [0, 0.1) is 29.1 Å². The molecule has 0 heterocycles. The molecule has 0 aliphatic heterocycles. The summed E-state index contributed by atoms with van der Waals surface area (Å²) in [5, 5.41) is 34.8. The number of hydrogen-bond acceptors (Lipinski definition) is 8. The molecule has 8 heteroatoms. The third-order valence-corrected chi connectivity index (χ3v) is 10.5. The quantitative estimate of drug-likeness (QED) is 0.195. The molecule has 0 unspecified atom stereocenters. The van der Waals surface area contributed by atoms with Gasteiger partial charge in [-0.25, -0.2) is 0 Å². The summed E-state index contributed by atoms with van der Waals surface area (Å²) >= 11 is 0. The van der Waals surface area contributed by atoms with Crippen LogP contribution in [0.5, 0.6) is 0 Å². The highest BCUT2D eigenvalue weighted by Gasteiger charge is 2.87. The Hall–Kier alpha value is -2.03. The van der Waals surface area contributed by atoms with Gasteiger partial charge in [-0.1, -0.05) is 72.5 Å². The summed E-state index contributed by atoms with van der Waals surface area (Å²) in [5.74, 6) is -4.15. The van der Waals surface area contributed by atoms with Gasteiger partial charge < -0.3 is 24.8 Å². The fraction of sp³-hybridized carbons (Fsp3) is 0.781. The van der Waals surface area contributed by atoms with E-state index in [1.807, 2.05) is 20.8 Å². The van der Waals surface area contributed by atoms with E-state index in [0.29, 0.717) is 24.0 Å². The van der Waals surface area contributed by atoms with Crippen molar-refractivity contribution in [3.8, 4) is 0 Å². The lowest BCUT2D eigenvalue weighted by atomic mass is 9.59. The topological polar surface area (TPSA) is 130 Å². The number of aliphatic hydroxyl groups is 3. The van der Waals surface area contributed by atoms with Gasteiger partial charge in [0, 0.05) is 48.3 Å². The average Bonchev–Trinajstić information content (AvgIpc) is 3.32. The Morgan fingerprint density at radius 1 is 1.00 bits per heavy atom. The van der Waals surface area contributed by atoms with E-state index in [1.165, 1.54) is 0 Å². The highest BCUT2D eigenvalue weighted by molar-refractivity contribution is 6.04. The predicted molar refractivity (Wildman–Crippen MR) is 149 cm³/mol. The molecule has 0 spiro atoms. The number of carbonyl (C=O) groups excluding carboxylic acids is 3. The van der Waals surface area contributed by atoms with Gasteiger partial charge in [0.15, 0.2) is 11.4 Å². The largest absolute Gasteiger partial charge is 0.458 e. The SMILES string of the molecule is CCCCCC(=O)O[C@@H]1[C@@H](C)[C@@]2(O)[C@@H](C=C(CO)C[C@]3(O)C(=O)C(C)=C[C@@H]23)[C@H]2C(C)(C)[C@]12OC(=O)CCCCC. The maximum absolute atomic E-state index is 13.3. The van der Waals surface area contributed by atoms with E-state index in [2.05, 4.69) is 6.92 Å². The monoisotopic (exact) mass is 560 g/mol. The van der Waals surface area contributed by atoms with Gasteiger partial charge in [0.2, 0.25) is 0 Å². The van der Waals surface area contributed by atoms with E-state index in [9.17, 15) is 29.7 Å². The molecule has 0 aromatic rings. The van der Waals surface area contributed by atoms with Crippen LogP contribution in [0.25, 0.3) is 0 Å². The van der Waals surface area contributed by atoms with E-state index >= 15 is 0 Å². The number of esters is 2. The highest BCUT2D eigenvalue weighted by Crippen LogP contribution is 2.77. The molecular formula is C32H48O8. The van der Waals surface area contributed by atoms with Gasteiger partial charge >= 0.3 is 11.9 Å². The van der Waals surface area contributed by atoms with E-state index in [-0.39, 0.29) is 31.8 Å². The molecule has 0 saturated heterocycles. The predicted octanol–water partition coefficient (Wildman–Crippen LogP) is 4.19. The smallest absolute Gasteiger partial charge is 0.306 e. The first-order chi connectivity index (χ1) is 18.8. The molecule has 2 saturated carbocycles. The molecule has 4 rings (SSSR count). The molecule has 4 aliphatic rings. The minimum Gasteiger partial charge on any atom is -0.458 e. The summed E-state index contributed by atoms with van der Waals surface area (Å²) in [4.78, 5) is 39.7. The van der Waals surface area contributed by atoms with Crippen molar-refractivity contribution < 1.29 is 39.2 Å².